The third-order valence-corrected chi connectivity index (χ3v) is 4.27. The van der Waals surface area contributed by atoms with Crippen LogP contribution in [-0.2, 0) is 9.59 Å². The number of carbonyl (C=O) groups excluding carboxylic acids is 1. The summed E-state index contributed by atoms with van der Waals surface area (Å²) in [5.41, 5.74) is -0.953. The second-order valence-corrected chi connectivity index (χ2v) is 6.34. The van der Waals surface area contributed by atoms with E-state index in [0.29, 0.717) is 16.5 Å². The molecule has 1 aromatic rings. The summed E-state index contributed by atoms with van der Waals surface area (Å²) in [5.74, 6) is -2.16. The van der Waals surface area contributed by atoms with Crippen LogP contribution in [0.15, 0.2) is 22.7 Å². The standard InChI is InChI=1S/C14H15BrFNO3/c1-14(2,13(19)20)12(18)17-10-6-7(10)11-8(15)4-3-5-9(11)16/h3-5,7,10H,6H2,1-2H3,(H,17,18)(H,19,20)/t7-,10-/m1/s1. The summed E-state index contributed by atoms with van der Waals surface area (Å²) in [4.78, 5) is 22.9. The quantitative estimate of drug-likeness (QED) is 0.826. The van der Waals surface area contributed by atoms with Crippen molar-refractivity contribution in [2.75, 3.05) is 0 Å². The molecule has 4 nitrogen and oxygen atoms in total. The van der Waals surface area contributed by atoms with Crippen LogP contribution >= 0.6 is 15.9 Å². The maximum absolute atomic E-state index is 13.8. The Bertz CT molecular complexity index is 553. The summed E-state index contributed by atoms with van der Waals surface area (Å²) in [6.07, 6.45) is 0.612. The van der Waals surface area contributed by atoms with E-state index in [-0.39, 0.29) is 17.8 Å². The highest BCUT2D eigenvalue weighted by molar-refractivity contribution is 9.10. The fourth-order valence-corrected chi connectivity index (χ4v) is 2.62. The largest absolute Gasteiger partial charge is 0.480 e. The van der Waals surface area contributed by atoms with Crippen LogP contribution in [0.2, 0.25) is 0 Å². The summed E-state index contributed by atoms with van der Waals surface area (Å²) < 4.78 is 14.4. The highest BCUT2D eigenvalue weighted by Gasteiger charge is 2.45. The zero-order chi connectivity index (χ0) is 15.1. The summed E-state index contributed by atoms with van der Waals surface area (Å²) in [6, 6.07) is 4.51. The summed E-state index contributed by atoms with van der Waals surface area (Å²) in [5, 5.41) is 11.7. The molecule has 2 rings (SSSR count). The van der Waals surface area contributed by atoms with E-state index in [9.17, 15) is 14.0 Å². The summed E-state index contributed by atoms with van der Waals surface area (Å²) >= 11 is 3.30. The van der Waals surface area contributed by atoms with Gasteiger partial charge in [0.1, 0.15) is 11.2 Å². The molecule has 20 heavy (non-hydrogen) atoms. The minimum atomic E-state index is -1.49. The van der Waals surface area contributed by atoms with Crippen LogP contribution in [0.3, 0.4) is 0 Å². The van der Waals surface area contributed by atoms with Gasteiger partial charge in [0.05, 0.1) is 0 Å². The smallest absolute Gasteiger partial charge is 0.318 e. The van der Waals surface area contributed by atoms with Crippen molar-refractivity contribution in [3.63, 3.8) is 0 Å². The molecular formula is C14H15BrFNO3. The average Bonchev–Trinajstić information content (AvgIpc) is 3.07. The van der Waals surface area contributed by atoms with Gasteiger partial charge in [0, 0.05) is 22.0 Å². The first-order chi connectivity index (χ1) is 9.25. The van der Waals surface area contributed by atoms with Crippen LogP contribution in [-0.4, -0.2) is 23.0 Å². The highest BCUT2D eigenvalue weighted by atomic mass is 79.9. The number of rotatable bonds is 4. The van der Waals surface area contributed by atoms with Gasteiger partial charge < -0.3 is 10.4 Å². The van der Waals surface area contributed by atoms with Gasteiger partial charge in [-0.25, -0.2) is 4.39 Å². The fourth-order valence-electron chi connectivity index (χ4n) is 1.98. The van der Waals surface area contributed by atoms with Gasteiger partial charge in [-0.3, -0.25) is 9.59 Å². The lowest BCUT2D eigenvalue weighted by Crippen LogP contribution is -2.43. The highest BCUT2D eigenvalue weighted by Crippen LogP contribution is 2.45. The lowest BCUT2D eigenvalue weighted by atomic mass is 9.92. The minimum Gasteiger partial charge on any atom is -0.480 e. The van der Waals surface area contributed by atoms with Gasteiger partial charge in [-0.05, 0) is 32.4 Å². The molecule has 2 N–H and O–H groups in total. The Kier molecular flexibility index (Phi) is 3.86. The number of aliphatic carboxylic acids is 1. The summed E-state index contributed by atoms with van der Waals surface area (Å²) in [6.45, 7) is 2.70. The van der Waals surface area contributed by atoms with Crippen LogP contribution in [0, 0.1) is 11.2 Å². The van der Waals surface area contributed by atoms with Gasteiger partial charge >= 0.3 is 5.97 Å². The fraction of sp³-hybridized carbons (Fsp3) is 0.429. The van der Waals surface area contributed by atoms with Gasteiger partial charge in [0.25, 0.3) is 0 Å². The van der Waals surface area contributed by atoms with Crippen molar-refractivity contribution in [1.29, 1.82) is 0 Å². The first-order valence-electron chi connectivity index (χ1n) is 6.23. The van der Waals surface area contributed by atoms with Gasteiger partial charge in [0.2, 0.25) is 5.91 Å². The number of carbonyl (C=O) groups is 2. The van der Waals surface area contributed by atoms with E-state index >= 15 is 0 Å². The molecule has 0 bridgehead atoms. The molecule has 0 unspecified atom stereocenters. The Hall–Kier alpha value is -1.43. The Morgan fingerprint density at radius 1 is 1.45 bits per heavy atom. The van der Waals surface area contributed by atoms with E-state index in [1.165, 1.54) is 19.9 Å². The van der Waals surface area contributed by atoms with E-state index in [2.05, 4.69) is 21.2 Å². The normalized spacial score (nSPS) is 21.4. The molecule has 0 saturated heterocycles. The van der Waals surface area contributed by atoms with Crippen molar-refractivity contribution in [1.82, 2.24) is 5.32 Å². The number of halogens is 2. The lowest BCUT2D eigenvalue weighted by Gasteiger charge is -2.18. The maximum Gasteiger partial charge on any atom is 0.318 e. The molecule has 1 fully saturated rings. The van der Waals surface area contributed by atoms with Crippen molar-refractivity contribution in [3.05, 3.63) is 34.1 Å². The van der Waals surface area contributed by atoms with E-state index in [0.717, 1.165) is 0 Å². The number of hydrogen-bond donors (Lipinski definition) is 2. The van der Waals surface area contributed by atoms with E-state index < -0.39 is 17.3 Å². The van der Waals surface area contributed by atoms with E-state index in [1.807, 2.05) is 0 Å². The molecule has 0 spiro atoms. The second kappa shape index (κ2) is 5.16. The molecule has 1 aromatic carbocycles. The lowest BCUT2D eigenvalue weighted by molar-refractivity contribution is -0.153. The van der Waals surface area contributed by atoms with Gasteiger partial charge in [-0.15, -0.1) is 0 Å². The Balaban J connectivity index is 2.07. The predicted molar refractivity (Wildman–Crippen MR) is 74.8 cm³/mol. The van der Waals surface area contributed by atoms with Crippen LogP contribution < -0.4 is 5.32 Å². The number of nitrogens with one attached hydrogen (secondary N) is 1. The molecule has 0 heterocycles. The minimum absolute atomic E-state index is 0.112. The second-order valence-electron chi connectivity index (χ2n) is 5.49. The van der Waals surface area contributed by atoms with Gasteiger partial charge in [-0.1, -0.05) is 22.0 Å². The zero-order valence-corrected chi connectivity index (χ0v) is 12.7. The van der Waals surface area contributed by atoms with E-state index in [4.69, 9.17) is 5.11 Å². The molecule has 0 aromatic heterocycles. The van der Waals surface area contributed by atoms with Crippen molar-refractivity contribution >= 4 is 27.8 Å². The van der Waals surface area contributed by atoms with Crippen LogP contribution in [0.25, 0.3) is 0 Å². The molecular weight excluding hydrogens is 329 g/mol. The molecule has 6 heteroatoms. The van der Waals surface area contributed by atoms with Crippen molar-refractivity contribution in [3.8, 4) is 0 Å². The molecule has 108 valence electrons. The van der Waals surface area contributed by atoms with Crippen LogP contribution in [0.4, 0.5) is 4.39 Å². The number of carboxylic acid groups (broad SMARTS) is 1. The monoisotopic (exact) mass is 343 g/mol. The number of benzene rings is 1. The third kappa shape index (κ3) is 2.70. The number of amides is 1. The van der Waals surface area contributed by atoms with Gasteiger partial charge in [0.15, 0.2) is 0 Å². The Labute approximate surface area is 124 Å². The molecule has 1 aliphatic rings. The Morgan fingerprint density at radius 2 is 2.10 bits per heavy atom. The number of hydrogen-bond acceptors (Lipinski definition) is 2. The Morgan fingerprint density at radius 3 is 2.65 bits per heavy atom. The molecule has 1 saturated carbocycles. The van der Waals surface area contributed by atoms with Crippen molar-refractivity contribution in [2.24, 2.45) is 5.41 Å². The molecule has 1 aliphatic carbocycles. The predicted octanol–water partition coefficient (Wildman–Crippen LogP) is 2.67. The van der Waals surface area contributed by atoms with Gasteiger partial charge in [-0.2, -0.15) is 0 Å². The average molecular weight is 344 g/mol. The van der Waals surface area contributed by atoms with Crippen molar-refractivity contribution in [2.45, 2.75) is 32.2 Å². The van der Waals surface area contributed by atoms with E-state index in [1.54, 1.807) is 12.1 Å². The molecule has 2 atom stereocenters. The SMILES string of the molecule is CC(C)(C(=O)O)C(=O)N[C@@H]1C[C@H]1c1c(F)cccc1Br. The van der Waals surface area contributed by atoms with Crippen LogP contribution in [0.1, 0.15) is 31.7 Å². The molecule has 0 radical (unpaired) electrons. The first-order valence-corrected chi connectivity index (χ1v) is 7.02. The topological polar surface area (TPSA) is 66.4 Å². The summed E-state index contributed by atoms with van der Waals surface area (Å²) in [7, 11) is 0. The van der Waals surface area contributed by atoms with Crippen LogP contribution in [0.5, 0.6) is 0 Å². The zero-order valence-electron chi connectivity index (χ0n) is 11.1. The number of carboxylic acids is 1. The maximum atomic E-state index is 13.8. The molecule has 0 aliphatic heterocycles. The first kappa shape index (κ1) is 15.0. The third-order valence-electron chi connectivity index (χ3n) is 3.58. The van der Waals surface area contributed by atoms with Crippen molar-refractivity contribution < 1.29 is 19.1 Å². The molecule has 1 amide bonds.